The summed E-state index contributed by atoms with van der Waals surface area (Å²) in [5.74, 6) is 0.486. The second kappa shape index (κ2) is 5.36. The molecule has 2 aromatic carbocycles. The fourth-order valence-corrected chi connectivity index (χ4v) is 2.00. The van der Waals surface area contributed by atoms with Crippen LogP contribution in [0.1, 0.15) is 0 Å². The van der Waals surface area contributed by atoms with Crippen molar-refractivity contribution in [3.63, 3.8) is 0 Å². The zero-order valence-corrected chi connectivity index (χ0v) is 9.68. The number of rotatable bonds is 4. The molecule has 0 bridgehead atoms. The Kier molecular flexibility index (Phi) is 3.62. The van der Waals surface area contributed by atoms with Gasteiger partial charge < -0.3 is 4.18 Å². The van der Waals surface area contributed by atoms with Crippen LogP contribution in [-0.2, 0) is 11.1 Å². The Morgan fingerprint density at radius 3 is 2.24 bits per heavy atom. The Hall–Kier alpha value is -2.01. The molecule has 2 aromatic rings. The van der Waals surface area contributed by atoms with Crippen molar-refractivity contribution in [1.29, 1.82) is 5.53 Å². The average Bonchev–Trinajstić information content (AvgIpc) is 2.40. The van der Waals surface area contributed by atoms with Gasteiger partial charge in [0.25, 0.3) is 0 Å². The highest BCUT2D eigenvalue weighted by atomic mass is 32.2. The normalized spacial score (nSPS) is 11.8. The molecular weight excluding hydrogens is 236 g/mol. The van der Waals surface area contributed by atoms with E-state index in [1.54, 1.807) is 48.5 Å². The molecule has 86 valence electrons. The van der Waals surface area contributed by atoms with Gasteiger partial charge in [-0.1, -0.05) is 18.2 Å². The van der Waals surface area contributed by atoms with Gasteiger partial charge in [-0.3, -0.25) is 0 Å². The summed E-state index contributed by atoms with van der Waals surface area (Å²) in [6.45, 7) is 0. The first-order chi connectivity index (χ1) is 8.29. The molecule has 0 aromatic heterocycles. The average molecular weight is 246 g/mol. The van der Waals surface area contributed by atoms with Crippen LogP contribution in [0.3, 0.4) is 0 Å². The van der Waals surface area contributed by atoms with Gasteiger partial charge in [0, 0.05) is 0 Å². The minimum atomic E-state index is -1.52. The van der Waals surface area contributed by atoms with Gasteiger partial charge in [-0.25, -0.2) is 9.74 Å². The van der Waals surface area contributed by atoms with Crippen molar-refractivity contribution in [2.45, 2.75) is 4.90 Å². The first-order valence-electron chi connectivity index (χ1n) is 4.92. The van der Waals surface area contributed by atoms with Crippen molar-refractivity contribution in [2.24, 2.45) is 5.11 Å². The second-order valence-corrected chi connectivity index (χ2v) is 4.34. The van der Waals surface area contributed by atoms with E-state index in [0.717, 1.165) is 0 Å². The third-order valence-electron chi connectivity index (χ3n) is 2.07. The molecule has 0 aliphatic carbocycles. The maximum atomic E-state index is 11.8. The van der Waals surface area contributed by atoms with Crippen molar-refractivity contribution in [3.8, 4) is 5.75 Å². The van der Waals surface area contributed by atoms with Gasteiger partial charge in [-0.15, -0.1) is 0 Å². The van der Waals surface area contributed by atoms with Gasteiger partial charge in [-0.05, 0) is 36.4 Å². The Morgan fingerprint density at radius 2 is 1.65 bits per heavy atom. The van der Waals surface area contributed by atoms with Crippen LogP contribution in [0.15, 0.2) is 64.6 Å². The van der Waals surface area contributed by atoms with E-state index < -0.39 is 11.1 Å². The third-order valence-corrected chi connectivity index (χ3v) is 3.07. The standard InChI is InChI=1S/C12H10N2O2S/c13-14-10-6-8-11(9-7-10)16-17(15)12-4-2-1-3-5-12/h1-9,13H. The van der Waals surface area contributed by atoms with Crippen molar-refractivity contribution in [3.05, 3.63) is 54.6 Å². The van der Waals surface area contributed by atoms with Crippen LogP contribution in [0.4, 0.5) is 5.69 Å². The molecule has 0 saturated carbocycles. The smallest absolute Gasteiger partial charge is 0.240 e. The van der Waals surface area contributed by atoms with E-state index in [4.69, 9.17) is 9.71 Å². The van der Waals surface area contributed by atoms with Crippen LogP contribution in [-0.4, -0.2) is 4.21 Å². The third kappa shape index (κ3) is 2.98. The molecule has 0 fully saturated rings. The SMILES string of the molecule is N=Nc1ccc(OS(=O)c2ccccc2)cc1. The molecule has 0 saturated heterocycles. The Balaban J connectivity index is 2.10. The van der Waals surface area contributed by atoms with E-state index in [-0.39, 0.29) is 0 Å². The molecule has 1 N–H and O–H groups in total. The summed E-state index contributed by atoms with van der Waals surface area (Å²) in [5, 5.41) is 3.27. The number of hydrogen-bond donors (Lipinski definition) is 1. The topological polar surface area (TPSA) is 62.5 Å². The summed E-state index contributed by atoms with van der Waals surface area (Å²) in [4.78, 5) is 0.613. The summed E-state index contributed by atoms with van der Waals surface area (Å²) in [7, 11) is 0. The number of benzene rings is 2. The van der Waals surface area contributed by atoms with Crippen LogP contribution < -0.4 is 4.18 Å². The first kappa shape index (κ1) is 11.5. The lowest BCUT2D eigenvalue weighted by Crippen LogP contribution is -2.00. The molecule has 1 unspecified atom stereocenters. The van der Waals surface area contributed by atoms with Gasteiger partial charge in [0.2, 0.25) is 11.1 Å². The lowest BCUT2D eigenvalue weighted by molar-refractivity contribution is 0.562. The maximum absolute atomic E-state index is 11.8. The molecule has 17 heavy (non-hydrogen) atoms. The molecule has 1 atom stereocenters. The minimum absolute atomic E-state index is 0.486. The van der Waals surface area contributed by atoms with Crippen LogP contribution in [0.25, 0.3) is 0 Å². The van der Waals surface area contributed by atoms with E-state index >= 15 is 0 Å². The molecule has 0 spiro atoms. The van der Waals surface area contributed by atoms with Gasteiger partial charge in [0.15, 0.2) is 0 Å². The predicted octanol–water partition coefficient (Wildman–Crippen LogP) is 3.45. The summed E-state index contributed by atoms with van der Waals surface area (Å²) >= 11 is -1.52. The highest BCUT2D eigenvalue weighted by Crippen LogP contribution is 2.20. The Bertz CT molecular complexity index is 526. The second-order valence-electron chi connectivity index (χ2n) is 3.24. The first-order valence-corrected chi connectivity index (χ1v) is 6.00. The maximum Gasteiger partial charge on any atom is 0.240 e. The van der Waals surface area contributed by atoms with Crippen LogP contribution in [0, 0.1) is 5.53 Å². The molecule has 4 nitrogen and oxygen atoms in total. The highest BCUT2D eigenvalue weighted by Gasteiger charge is 2.05. The lowest BCUT2D eigenvalue weighted by atomic mass is 10.3. The van der Waals surface area contributed by atoms with E-state index in [0.29, 0.717) is 16.3 Å². The molecule has 2 rings (SSSR count). The van der Waals surface area contributed by atoms with Crippen molar-refractivity contribution < 1.29 is 8.39 Å². The van der Waals surface area contributed by atoms with Gasteiger partial charge in [-0.2, -0.15) is 5.11 Å². The van der Waals surface area contributed by atoms with Gasteiger partial charge >= 0.3 is 0 Å². The number of nitrogens with zero attached hydrogens (tertiary/aromatic N) is 1. The Morgan fingerprint density at radius 1 is 1.00 bits per heavy atom. The molecule has 0 amide bonds. The van der Waals surface area contributed by atoms with E-state index in [1.807, 2.05) is 6.07 Å². The van der Waals surface area contributed by atoms with Crippen LogP contribution in [0.2, 0.25) is 0 Å². The molecule has 5 heteroatoms. The minimum Gasteiger partial charge on any atom is -0.397 e. The monoisotopic (exact) mass is 246 g/mol. The summed E-state index contributed by atoms with van der Waals surface area (Å²) < 4.78 is 17.1. The highest BCUT2D eigenvalue weighted by molar-refractivity contribution is 7.80. The van der Waals surface area contributed by atoms with Gasteiger partial charge in [0.05, 0.1) is 10.6 Å². The van der Waals surface area contributed by atoms with Crippen LogP contribution in [0.5, 0.6) is 5.75 Å². The molecule has 0 aliphatic heterocycles. The molecule has 0 radical (unpaired) electrons. The molecule has 0 aliphatic rings. The van der Waals surface area contributed by atoms with Crippen LogP contribution >= 0.6 is 0 Å². The zero-order valence-electron chi connectivity index (χ0n) is 8.87. The van der Waals surface area contributed by atoms with Crippen molar-refractivity contribution in [1.82, 2.24) is 0 Å². The fourth-order valence-electron chi connectivity index (χ4n) is 1.24. The summed E-state index contributed by atoms with van der Waals surface area (Å²) in [6.07, 6.45) is 0. The van der Waals surface area contributed by atoms with E-state index in [9.17, 15) is 4.21 Å². The summed E-state index contributed by atoms with van der Waals surface area (Å²) in [6, 6.07) is 15.5. The predicted molar refractivity (Wildman–Crippen MR) is 64.7 cm³/mol. The Labute approximate surface area is 101 Å². The van der Waals surface area contributed by atoms with Crippen molar-refractivity contribution >= 4 is 16.8 Å². The zero-order chi connectivity index (χ0) is 12.1. The lowest BCUT2D eigenvalue weighted by Gasteiger charge is -2.04. The number of nitrogens with one attached hydrogen (secondary N) is 1. The largest absolute Gasteiger partial charge is 0.397 e. The number of hydrogen-bond acceptors (Lipinski definition) is 4. The molecular formula is C12H10N2O2S. The fraction of sp³-hybridized carbons (Fsp3) is 0. The quantitative estimate of drug-likeness (QED) is 0.840. The van der Waals surface area contributed by atoms with Crippen molar-refractivity contribution in [2.75, 3.05) is 0 Å². The van der Waals surface area contributed by atoms with E-state index in [2.05, 4.69) is 5.11 Å². The molecule has 0 heterocycles. The summed E-state index contributed by atoms with van der Waals surface area (Å²) in [5.41, 5.74) is 7.34. The van der Waals surface area contributed by atoms with Gasteiger partial charge in [0.1, 0.15) is 5.75 Å². The van der Waals surface area contributed by atoms with E-state index in [1.165, 1.54) is 0 Å².